The molecule has 2 N–H and O–H groups in total. The van der Waals surface area contributed by atoms with Crippen molar-refractivity contribution in [3.63, 3.8) is 0 Å². The molecule has 0 saturated heterocycles. The number of fused-ring (bicyclic) bond motifs is 1. The van der Waals surface area contributed by atoms with Gasteiger partial charge in [-0.3, -0.25) is 4.79 Å². The Bertz CT molecular complexity index is 1010. The minimum Gasteiger partial charge on any atom is -0.494 e. The second kappa shape index (κ2) is 6.78. The van der Waals surface area contributed by atoms with Gasteiger partial charge in [0.2, 0.25) is 5.95 Å². The molecule has 0 spiro atoms. The van der Waals surface area contributed by atoms with Crippen LogP contribution in [0.25, 0.3) is 16.9 Å². The Morgan fingerprint density at radius 3 is 2.96 bits per heavy atom. The molecule has 1 aliphatic rings. The van der Waals surface area contributed by atoms with Gasteiger partial charge in [0.1, 0.15) is 0 Å². The summed E-state index contributed by atoms with van der Waals surface area (Å²) in [4.78, 5) is 19.7. The summed E-state index contributed by atoms with van der Waals surface area (Å²) >= 11 is 0. The zero-order valence-corrected chi connectivity index (χ0v) is 14.5. The summed E-state index contributed by atoms with van der Waals surface area (Å²) in [5.74, 6) is -1.15. The number of carboxylic acid groups (broad SMARTS) is 1. The fourth-order valence-corrected chi connectivity index (χ4v) is 3.28. The highest BCUT2D eigenvalue weighted by Gasteiger charge is 2.30. The molecule has 1 aliphatic carbocycles. The maximum atomic E-state index is 14.0. The monoisotopic (exact) mass is 372 g/mol. The molecule has 27 heavy (non-hydrogen) atoms. The Labute approximate surface area is 153 Å². The Kier molecular flexibility index (Phi) is 4.30. The molecular formula is C17H17FN6O3. The number of carboxylic acids is 1. The first kappa shape index (κ1) is 17.1. The van der Waals surface area contributed by atoms with Gasteiger partial charge in [-0.1, -0.05) is 5.21 Å². The van der Waals surface area contributed by atoms with E-state index >= 15 is 0 Å². The number of ether oxygens (including phenoxy) is 1. The third kappa shape index (κ3) is 3.25. The quantitative estimate of drug-likeness (QED) is 0.699. The van der Waals surface area contributed by atoms with E-state index in [9.17, 15) is 9.18 Å². The molecule has 1 aromatic carbocycles. The van der Waals surface area contributed by atoms with E-state index in [2.05, 4.69) is 25.6 Å². The smallest absolute Gasteiger partial charge is 0.306 e. The van der Waals surface area contributed by atoms with Gasteiger partial charge < -0.3 is 15.2 Å². The molecule has 10 heteroatoms. The van der Waals surface area contributed by atoms with E-state index in [4.69, 9.17) is 9.84 Å². The van der Waals surface area contributed by atoms with E-state index in [1.807, 2.05) is 0 Å². The van der Waals surface area contributed by atoms with Gasteiger partial charge in [-0.15, -0.1) is 5.10 Å². The summed E-state index contributed by atoms with van der Waals surface area (Å²) in [7, 11) is 1.39. The lowest BCUT2D eigenvalue weighted by Gasteiger charge is -2.12. The number of aliphatic carboxylic acids is 1. The van der Waals surface area contributed by atoms with Crippen LogP contribution in [0.1, 0.15) is 19.3 Å². The highest BCUT2D eigenvalue weighted by Crippen LogP contribution is 2.28. The molecular weight excluding hydrogens is 355 g/mol. The van der Waals surface area contributed by atoms with Crippen LogP contribution in [-0.2, 0) is 4.79 Å². The predicted octanol–water partition coefficient (Wildman–Crippen LogP) is 2.02. The topological polar surface area (TPSA) is 115 Å². The molecule has 2 atom stereocenters. The molecule has 2 heterocycles. The van der Waals surface area contributed by atoms with Crippen LogP contribution in [0.4, 0.5) is 10.3 Å². The van der Waals surface area contributed by atoms with E-state index in [1.165, 1.54) is 30.1 Å². The van der Waals surface area contributed by atoms with E-state index in [0.29, 0.717) is 35.6 Å². The Morgan fingerprint density at radius 2 is 2.26 bits per heavy atom. The molecule has 0 aliphatic heterocycles. The van der Waals surface area contributed by atoms with E-state index < -0.39 is 11.8 Å². The number of rotatable bonds is 5. The maximum Gasteiger partial charge on any atom is 0.306 e. The summed E-state index contributed by atoms with van der Waals surface area (Å²) in [6, 6.07) is 4.44. The van der Waals surface area contributed by atoms with Crippen LogP contribution < -0.4 is 10.1 Å². The molecule has 0 bridgehead atoms. The molecule has 1 fully saturated rings. The number of hydrogen-bond acceptors (Lipinski definition) is 7. The standard InChI is InChI=1S/C17H17FN6O3/c1-27-14-5-4-11(7-12(14)18)24-15-13(22-23-24)8-19-17(21-15)20-10-3-2-9(6-10)16(25)26/h4-5,7-10H,2-3,6H2,1H3,(H,25,26)(H,19,20,21)/t9-,10-/m1/s1. The van der Waals surface area contributed by atoms with Gasteiger partial charge in [0.05, 0.1) is 24.9 Å². The zero-order valence-electron chi connectivity index (χ0n) is 14.5. The fraction of sp³-hybridized carbons (Fsp3) is 0.353. The summed E-state index contributed by atoms with van der Waals surface area (Å²) in [5, 5.41) is 20.3. The van der Waals surface area contributed by atoms with Crippen LogP contribution in [0, 0.1) is 11.7 Å². The summed E-state index contributed by atoms with van der Waals surface area (Å²) in [6.07, 6.45) is 3.41. The SMILES string of the molecule is COc1ccc(-n2nnc3cnc(N[C@@H]4CC[C@@H](C(=O)O)C4)nc32)cc1F. The number of aromatic nitrogens is 5. The van der Waals surface area contributed by atoms with Gasteiger partial charge in [-0.25, -0.2) is 9.37 Å². The van der Waals surface area contributed by atoms with Crippen molar-refractivity contribution in [1.29, 1.82) is 0 Å². The summed E-state index contributed by atoms with van der Waals surface area (Å²) in [6.45, 7) is 0. The lowest BCUT2D eigenvalue weighted by atomic mass is 10.1. The van der Waals surface area contributed by atoms with Gasteiger partial charge in [0.15, 0.2) is 22.7 Å². The van der Waals surface area contributed by atoms with Crippen LogP contribution in [0.15, 0.2) is 24.4 Å². The van der Waals surface area contributed by atoms with Crippen molar-refractivity contribution in [1.82, 2.24) is 25.0 Å². The lowest BCUT2D eigenvalue weighted by molar-refractivity contribution is -0.141. The van der Waals surface area contributed by atoms with E-state index in [-0.39, 0.29) is 17.7 Å². The first-order valence-corrected chi connectivity index (χ1v) is 8.47. The molecule has 4 rings (SSSR count). The highest BCUT2D eigenvalue weighted by molar-refractivity contribution is 5.72. The summed E-state index contributed by atoms with van der Waals surface area (Å²) in [5.41, 5.74) is 1.34. The average Bonchev–Trinajstić information content (AvgIpc) is 3.28. The predicted molar refractivity (Wildman–Crippen MR) is 93.4 cm³/mol. The zero-order chi connectivity index (χ0) is 19.0. The third-order valence-electron chi connectivity index (χ3n) is 4.69. The number of anilines is 1. The number of nitrogens with zero attached hydrogens (tertiary/aromatic N) is 5. The molecule has 9 nitrogen and oxygen atoms in total. The van der Waals surface area contributed by atoms with Crippen molar-refractivity contribution in [3.8, 4) is 11.4 Å². The Morgan fingerprint density at radius 1 is 1.41 bits per heavy atom. The molecule has 140 valence electrons. The first-order chi connectivity index (χ1) is 13.0. The van der Waals surface area contributed by atoms with Crippen LogP contribution in [0.5, 0.6) is 5.75 Å². The number of hydrogen-bond donors (Lipinski definition) is 2. The van der Waals surface area contributed by atoms with E-state index in [0.717, 1.165) is 6.42 Å². The Hall–Kier alpha value is -3.30. The van der Waals surface area contributed by atoms with Crippen molar-refractivity contribution in [2.24, 2.45) is 5.92 Å². The minimum atomic E-state index is -0.778. The molecule has 1 saturated carbocycles. The number of methoxy groups -OCH3 is 1. The van der Waals surface area contributed by atoms with Crippen molar-refractivity contribution in [2.75, 3.05) is 12.4 Å². The normalized spacial score (nSPS) is 19.3. The van der Waals surface area contributed by atoms with Gasteiger partial charge in [-0.2, -0.15) is 9.67 Å². The van der Waals surface area contributed by atoms with Gasteiger partial charge in [-0.05, 0) is 31.4 Å². The van der Waals surface area contributed by atoms with E-state index in [1.54, 1.807) is 6.07 Å². The lowest BCUT2D eigenvalue weighted by Crippen LogP contribution is -2.19. The molecule has 0 unspecified atom stereocenters. The second-order valence-corrected chi connectivity index (χ2v) is 6.41. The molecule has 2 aromatic heterocycles. The van der Waals surface area contributed by atoms with Gasteiger partial charge >= 0.3 is 5.97 Å². The maximum absolute atomic E-state index is 14.0. The van der Waals surface area contributed by atoms with Gasteiger partial charge in [0, 0.05) is 12.1 Å². The van der Waals surface area contributed by atoms with Crippen LogP contribution >= 0.6 is 0 Å². The number of halogens is 1. The van der Waals surface area contributed by atoms with Crippen LogP contribution in [-0.4, -0.2) is 49.2 Å². The summed E-state index contributed by atoms with van der Waals surface area (Å²) < 4.78 is 20.4. The largest absolute Gasteiger partial charge is 0.494 e. The first-order valence-electron chi connectivity index (χ1n) is 8.47. The van der Waals surface area contributed by atoms with Crippen LogP contribution in [0.2, 0.25) is 0 Å². The second-order valence-electron chi connectivity index (χ2n) is 6.41. The van der Waals surface area contributed by atoms with Gasteiger partial charge in [0.25, 0.3) is 0 Å². The van der Waals surface area contributed by atoms with Crippen molar-refractivity contribution >= 4 is 23.1 Å². The van der Waals surface area contributed by atoms with Crippen LogP contribution in [0.3, 0.4) is 0 Å². The van der Waals surface area contributed by atoms with Crippen molar-refractivity contribution < 1.29 is 19.0 Å². The number of benzene rings is 1. The fourth-order valence-electron chi connectivity index (χ4n) is 3.28. The minimum absolute atomic E-state index is 0.00804. The molecule has 3 aromatic rings. The van der Waals surface area contributed by atoms with Crippen molar-refractivity contribution in [3.05, 3.63) is 30.2 Å². The average molecular weight is 372 g/mol. The third-order valence-corrected chi connectivity index (χ3v) is 4.69. The number of carbonyl (C=O) groups is 1. The molecule has 0 radical (unpaired) electrons. The highest BCUT2D eigenvalue weighted by atomic mass is 19.1. The van der Waals surface area contributed by atoms with Crippen molar-refractivity contribution in [2.45, 2.75) is 25.3 Å². The Balaban J connectivity index is 1.62. The number of nitrogens with one attached hydrogen (secondary N) is 1. The molecule has 0 amide bonds.